The molecule has 0 N–H and O–H groups in total. The second-order valence-corrected chi connectivity index (χ2v) is 5.64. The normalized spacial score (nSPS) is 27.2. The summed E-state index contributed by atoms with van der Waals surface area (Å²) in [4.78, 5) is 0. The van der Waals surface area contributed by atoms with Gasteiger partial charge in [-0.3, -0.25) is 4.68 Å². The molecule has 0 amide bonds. The Morgan fingerprint density at radius 1 is 1.56 bits per heavy atom. The Kier molecular flexibility index (Phi) is 3.91. The SMILES string of the molecule is CCC(C)n1ccc(CC2CCC(Cl)C2)n1. The van der Waals surface area contributed by atoms with E-state index in [0.717, 1.165) is 25.2 Å². The molecule has 90 valence electrons. The molecular formula is C13H21ClN2. The van der Waals surface area contributed by atoms with Crippen molar-refractivity contribution in [2.24, 2.45) is 5.92 Å². The van der Waals surface area contributed by atoms with Gasteiger partial charge in [0.25, 0.3) is 0 Å². The van der Waals surface area contributed by atoms with Gasteiger partial charge in [-0.25, -0.2) is 0 Å². The zero-order chi connectivity index (χ0) is 11.5. The van der Waals surface area contributed by atoms with Crippen molar-refractivity contribution in [3.05, 3.63) is 18.0 Å². The summed E-state index contributed by atoms with van der Waals surface area (Å²) in [5, 5.41) is 5.05. The van der Waals surface area contributed by atoms with Crippen molar-refractivity contribution in [1.29, 1.82) is 0 Å². The minimum absolute atomic E-state index is 0.404. The van der Waals surface area contributed by atoms with E-state index in [1.165, 1.54) is 18.5 Å². The van der Waals surface area contributed by atoms with Gasteiger partial charge < -0.3 is 0 Å². The molecule has 1 aliphatic rings. The van der Waals surface area contributed by atoms with Crippen LogP contribution in [0.2, 0.25) is 0 Å². The van der Waals surface area contributed by atoms with E-state index in [-0.39, 0.29) is 0 Å². The van der Waals surface area contributed by atoms with Crippen molar-refractivity contribution < 1.29 is 0 Å². The predicted molar refractivity (Wildman–Crippen MR) is 67.9 cm³/mol. The molecule has 1 aromatic rings. The van der Waals surface area contributed by atoms with E-state index >= 15 is 0 Å². The fourth-order valence-corrected chi connectivity index (χ4v) is 2.79. The maximum atomic E-state index is 6.13. The van der Waals surface area contributed by atoms with E-state index in [9.17, 15) is 0 Å². The molecule has 3 unspecified atom stereocenters. The van der Waals surface area contributed by atoms with Crippen LogP contribution in [0.4, 0.5) is 0 Å². The van der Waals surface area contributed by atoms with E-state index in [4.69, 9.17) is 11.6 Å². The Labute approximate surface area is 103 Å². The van der Waals surface area contributed by atoms with Crippen LogP contribution in [0.1, 0.15) is 51.3 Å². The number of hydrogen-bond donors (Lipinski definition) is 0. The summed E-state index contributed by atoms with van der Waals surface area (Å²) in [6, 6.07) is 2.67. The third-order valence-electron chi connectivity index (χ3n) is 3.68. The Morgan fingerprint density at radius 3 is 3.00 bits per heavy atom. The number of aromatic nitrogens is 2. The summed E-state index contributed by atoms with van der Waals surface area (Å²) in [6.07, 6.45) is 7.96. The van der Waals surface area contributed by atoms with E-state index < -0.39 is 0 Å². The van der Waals surface area contributed by atoms with Crippen molar-refractivity contribution >= 4 is 11.6 Å². The van der Waals surface area contributed by atoms with Crippen LogP contribution in [0.25, 0.3) is 0 Å². The number of nitrogens with zero attached hydrogens (tertiary/aromatic N) is 2. The summed E-state index contributed by atoms with van der Waals surface area (Å²) < 4.78 is 2.09. The van der Waals surface area contributed by atoms with Gasteiger partial charge in [0.05, 0.1) is 5.69 Å². The Hall–Kier alpha value is -0.500. The van der Waals surface area contributed by atoms with E-state index in [0.29, 0.717) is 11.4 Å². The lowest BCUT2D eigenvalue weighted by Gasteiger charge is -2.09. The minimum atomic E-state index is 0.404. The molecule has 16 heavy (non-hydrogen) atoms. The molecule has 3 atom stereocenters. The zero-order valence-corrected chi connectivity index (χ0v) is 11.0. The zero-order valence-electron chi connectivity index (χ0n) is 10.2. The molecule has 0 radical (unpaired) electrons. The van der Waals surface area contributed by atoms with Crippen molar-refractivity contribution in [1.82, 2.24) is 9.78 Å². The third-order valence-corrected chi connectivity index (χ3v) is 4.08. The Bertz CT molecular complexity index is 334. The standard InChI is InChI=1S/C13H21ClN2/c1-3-10(2)16-7-6-13(15-16)9-11-4-5-12(14)8-11/h6-7,10-12H,3-5,8-9H2,1-2H3. The average molecular weight is 241 g/mol. The van der Waals surface area contributed by atoms with E-state index in [1.807, 2.05) is 0 Å². The summed E-state index contributed by atoms with van der Waals surface area (Å²) >= 11 is 6.13. The first-order valence-corrected chi connectivity index (χ1v) is 6.80. The molecule has 1 heterocycles. The van der Waals surface area contributed by atoms with Gasteiger partial charge in [0.2, 0.25) is 0 Å². The van der Waals surface area contributed by atoms with Crippen molar-refractivity contribution in [3.63, 3.8) is 0 Å². The number of hydrogen-bond acceptors (Lipinski definition) is 1. The fourth-order valence-electron chi connectivity index (χ4n) is 2.41. The van der Waals surface area contributed by atoms with Crippen LogP contribution in [0.3, 0.4) is 0 Å². The molecule has 0 saturated heterocycles. The second kappa shape index (κ2) is 5.22. The Balaban J connectivity index is 1.92. The van der Waals surface area contributed by atoms with Crippen LogP contribution in [0.15, 0.2) is 12.3 Å². The second-order valence-electron chi connectivity index (χ2n) is 5.02. The summed E-state index contributed by atoms with van der Waals surface area (Å²) in [7, 11) is 0. The van der Waals surface area contributed by atoms with Crippen molar-refractivity contribution in [3.8, 4) is 0 Å². The largest absolute Gasteiger partial charge is 0.270 e. The van der Waals surface area contributed by atoms with Gasteiger partial charge >= 0.3 is 0 Å². The van der Waals surface area contributed by atoms with Gasteiger partial charge in [-0.05, 0) is 51.0 Å². The van der Waals surface area contributed by atoms with E-state index in [1.54, 1.807) is 0 Å². The summed E-state index contributed by atoms with van der Waals surface area (Å²) in [6.45, 7) is 4.40. The third kappa shape index (κ3) is 2.79. The highest BCUT2D eigenvalue weighted by atomic mass is 35.5. The smallest absolute Gasteiger partial charge is 0.0627 e. The number of alkyl halides is 1. The van der Waals surface area contributed by atoms with Gasteiger partial charge in [-0.2, -0.15) is 5.10 Å². The summed E-state index contributed by atoms with van der Waals surface area (Å²) in [5.41, 5.74) is 1.23. The molecule has 0 aromatic carbocycles. The van der Waals surface area contributed by atoms with Crippen LogP contribution < -0.4 is 0 Å². The lowest BCUT2D eigenvalue weighted by Crippen LogP contribution is -2.06. The van der Waals surface area contributed by atoms with Crippen LogP contribution in [0, 0.1) is 5.92 Å². The molecule has 0 bridgehead atoms. The lowest BCUT2D eigenvalue weighted by molar-refractivity contribution is 0.464. The van der Waals surface area contributed by atoms with Crippen LogP contribution in [0.5, 0.6) is 0 Å². The van der Waals surface area contributed by atoms with Gasteiger partial charge in [-0.15, -0.1) is 11.6 Å². The summed E-state index contributed by atoms with van der Waals surface area (Å²) in [5.74, 6) is 0.753. The fraction of sp³-hybridized carbons (Fsp3) is 0.769. The highest BCUT2D eigenvalue weighted by Crippen LogP contribution is 2.31. The molecule has 3 heteroatoms. The molecule has 1 saturated carbocycles. The van der Waals surface area contributed by atoms with Crippen LogP contribution >= 0.6 is 11.6 Å². The van der Waals surface area contributed by atoms with Crippen LogP contribution in [-0.2, 0) is 6.42 Å². The maximum absolute atomic E-state index is 6.13. The average Bonchev–Trinajstić information content (AvgIpc) is 2.87. The van der Waals surface area contributed by atoms with Gasteiger partial charge in [0, 0.05) is 17.6 Å². The molecule has 1 aliphatic carbocycles. The molecular weight excluding hydrogens is 220 g/mol. The number of rotatable bonds is 4. The molecule has 2 nitrogen and oxygen atoms in total. The molecule has 2 rings (SSSR count). The Morgan fingerprint density at radius 2 is 2.38 bits per heavy atom. The first kappa shape index (κ1) is 12.0. The van der Waals surface area contributed by atoms with Crippen molar-refractivity contribution in [2.75, 3.05) is 0 Å². The van der Waals surface area contributed by atoms with E-state index in [2.05, 4.69) is 35.9 Å². The van der Waals surface area contributed by atoms with Crippen LogP contribution in [-0.4, -0.2) is 15.2 Å². The van der Waals surface area contributed by atoms with Gasteiger partial charge in [-0.1, -0.05) is 6.92 Å². The topological polar surface area (TPSA) is 17.8 Å². The van der Waals surface area contributed by atoms with Gasteiger partial charge in [0.1, 0.15) is 0 Å². The highest BCUT2D eigenvalue weighted by molar-refractivity contribution is 6.20. The maximum Gasteiger partial charge on any atom is 0.0627 e. The quantitative estimate of drug-likeness (QED) is 0.732. The van der Waals surface area contributed by atoms with Gasteiger partial charge in [0.15, 0.2) is 0 Å². The highest BCUT2D eigenvalue weighted by Gasteiger charge is 2.23. The first-order chi connectivity index (χ1) is 7.69. The lowest BCUT2D eigenvalue weighted by atomic mass is 10.0. The first-order valence-electron chi connectivity index (χ1n) is 6.37. The molecule has 1 aromatic heterocycles. The predicted octanol–water partition coefficient (Wildman–Crippen LogP) is 3.80. The molecule has 0 aliphatic heterocycles. The van der Waals surface area contributed by atoms with Crippen molar-refractivity contribution in [2.45, 2.75) is 57.4 Å². The monoisotopic (exact) mass is 240 g/mol. The molecule has 1 fully saturated rings. The number of halogens is 1. The molecule has 0 spiro atoms. The minimum Gasteiger partial charge on any atom is -0.270 e.